The van der Waals surface area contributed by atoms with Gasteiger partial charge in [0.1, 0.15) is 6.04 Å². The predicted molar refractivity (Wildman–Crippen MR) is 118 cm³/mol. The molecule has 0 bridgehead atoms. The van der Waals surface area contributed by atoms with Crippen molar-refractivity contribution in [1.29, 1.82) is 5.26 Å². The number of aromatic nitrogens is 1. The molecule has 2 saturated heterocycles. The fourth-order valence-corrected chi connectivity index (χ4v) is 4.60. The van der Waals surface area contributed by atoms with Crippen molar-refractivity contribution < 1.29 is 13.9 Å². The average Bonchev–Trinajstić information content (AvgIpc) is 3.48. The zero-order valence-corrected chi connectivity index (χ0v) is 17.7. The van der Waals surface area contributed by atoms with E-state index in [1.807, 2.05) is 36.4 Å². The molecule has 5 rings (SSSR count). The SMILES string of the molecule is Cn1c(=O)oc2ccc(-c3ccc(C[C@@H](C#N)NC(=O)[C@H]4C[C@@H]5COC[C@@H]5N4)cc3)cc21. The molecule has 2 aromatic carbocycles. The van der Waals surface area contributed by atoms with Gasteiger partial charge in [0.2, 0.25) is 5.91 Å². The molecule has 4 atom stereocenters. The third-order valence-corrected chi connectivity index (χ3v) is 6.46. The van der Waals surface area contributed by atoms with Crippen LogP contribution in [-0.2, 0) is 23.0 Å². The quantitative estimate of drug-likeness (QED) is 0.636. The van der Waals surface area contributed by atoms with Gasteiger partial charge in [0, 0.05) is 25.4 Å². The summed E-state index contributed by atoms with van der Waals surface area (Å²) in [5.74, 6) is -0.134. The van der Waals surface area contributed by atoms with E-state index in [4.69, 9.17) is 9.15 Å². The van der Waals surface area contributed by atoms with E-state index in [1.54, 1.807) is 13.1 Å². The van der Waals surface area contributed by atoms with E-state index in [0.29, 0.717) is 31.1 Å². The van der Waals surface area contributed by atoms with Crippen molar-refractivity contribution in [3.05, 3.63) is 58.6 Å². The van der Waals surface area contributed by atoms with E-state index >= 15 is 0 Å². The fourth-order valence-electron chi connectivity index (χ4n) is 4.60. The van der Waals surface area contributed by atoms with Crippen molar-refractivity contribution >= 4 is 17.0 Å². The minimum absolute atomic E-state index is 0.124. The number of hydrogen-bond donors (Lipinski definition) is 2. The highest BCUT2D eigenvalue weighted by Crippen LogP contribution is 2.27. The summed E-state index contributed by atoms with van der Waals surface area (Å²) < 4.78 is 12.1. The van der Waals surface area contributed by atoms with Gasteiger partial charge in [-0.15, -0.1) is 0 Å². The topological polar surface area (TPSA) is 109 Å². The second kappa shape index (κ2) is 8.26. The van der Waals surface area contributed by atoms with Crippen LogP contribution in [0.1, 0.15) is 12.0 Å². The molecule has 8 nitrogen and oxygen atoms in total. The number of benzene rings is 2. The molecule has 1 aromatic heterocycles. The molecule has 0 radical (unpaired) electrons. The number of hydrogen-bond acceptors (Lipinski definition) is 6. The van der Waals surface area contributed by atoms with Crippen LogP contribution in [0.4, 0.5) is 0 Å². The zero-order chi connectivity index (χ0) is 22.2. The molecule has 2 N–H and O–H groups in total. The second-order valence-electron chi connectivity index (χ2n) is 8.56. The van der Waals surface area contributed by atoms with Gasteiger partial charge in [-0.25, -0.2) is 4.79 Å². The van der Waals surface area contributed by atoms with Crippen LogP contribution in [0, 0.1) is 17.2 Å². The number of nitriles is 1. The number of amides is 1. The maximum atomic E-state index is 12.6. The number of oxazole rings is 1. The number of carbonyl (C=O) groups is 1. The maximum absolute atomic E-state index is 12.6. The Balaban J connectivity index is 1.24. The highest BCUT2D eigenvalue weighted by molar-refractivity contribution is 5.83. The van der Waals surface area contributed by atoms with E-state index < -0.39 is 6.04 Å². The van der Waals surface area contributed by atoms with Crippen LogP contribution in [0.5, 0.6) is 0 Å². The number of carbonyl (C=O) groups excluding carboxylic acids is 1. The van der Waals surface area contributed by atoms with Gasteiger partial charge in [-0.3, -0.25) is 9.36 Å². The Labute approximate surface area is 184 Å². The number of fused-ring (bicyclic) bond motifs is 2. The van der Waals surface area contributed by atoms with Crippen LogP contribution in [0.15, 0.2) is 51.7 Å². The highest BCUT2D eigenvalue weighted by Gasteiger charge is 2.40. The van der Waals surface area contributed by atoms with Crippen LogP contribution in [0.3, 0.4) is 0 Å². The van der Waals surface area contributed by atoms with Crippen LogP contribution in [0.25, 0.3) is 22.2 Å². The van der Waals surface area contributed by atoms with Gasteiger partial charge in [0.05, 0.1) is 30.8 Å². The summed E-state index contributed by atoms with van der Waals surface area (Å²) in [4.78, 5) is 24.3. The van der Waals surface area contributed by atoms with Gasteiger partial charge in [-0.05, 0) is 35.2 Å². The van der Waals surface area contributed by atoms with Crippen molar-refractivity contribution in [2.75, 3.05) is 13.2 Å². The molecule has 2 aliphatic rings. The molecule has 1 amide bonds. The first-order chi connectivity index (χ1) is 15.5. The second-order valence-corrected chi connectivity index (χ2v) is 8.56. The summed E-state index contributed by atoms with van der Waals surface area (Å²) in [5.41, 5.74) is 4.21. The Morgan fingerprint density at radius 1 is 1.25 bits per heavy atom. The molecule has 32 heavy (non-hydrogen) atoms. The lowest BCUT2D eigenvalue weighted by Gasteiger charge is -2.17. The van der Waals surface area contributed by atoms with Crippen molar-refractivity contribution in [2.24, 2.45) is 13.0 Å². The van der Waals surface area contributed by atoms with Crippen molar-refractivity contribution in [1.82, 2.24) is 15.2 Å². The minimum atomic E-state index is -0.594. The van der Waals surface area contributed by atoms with Gasteiger partial charge in [-0.2, -0.15) is 5.26 Å². The first kappa shape index (κ1) is 20.5. The fraction of sp³-hybridized carbons (Fsp3) is 0.375. The number of aryl methyl sites for hydroxylation is 1. The molecule has 2 aliphatic heterocycles. The van der Waals surface area contributed by atoms with Gasteiger partial charge >= 0.3 is 5.76 Å². The smallest absolute Gasteiger partial charge is 0.408 e. The standard InChI is InChI=1S/C24H24N4O4/c1-28-21-10-16(6-7-22(21)32-24(28)30)15-4-2-14(3-5-15)8-18(11-25)26-23(29)19-9-17-12-31-13-20(17)27-19/h2-7,10,17-20,27H,8-9,12-13H2,1H3,(H,26,29)/t17-,18+,19-,20+/m1/s1. The molecule has 8 heteroatoms. The average molecular weight is 432 g/mol. The molecule has 3 aromatic rings. The van der Waals surface area contributed by atoms with Gasteiger partial charge in [0.25, 0.3) is 0 Å². The molecule has 164 valence electrons. The molecular formula is C24H24N4O4. The Bertz CT molecular complexity index is 1240. The summed E-state index contributed by atoms with van der Waals surface area (Å²) in [6.45, 7) is 1.34. The summed E-state index contributed by atoms with van der Waals surface area (Å²) in [6.07, 6.45) is 1.18. The lowest BCUT2D eigenvalue weighted by molar-refractivity contribution is -0.123. The third-order valence-electron chi connectivity index (χ3n) is 6.46. The summed E-state index contributed by atoms with van der Waals surface area (Å²) in [7, 11) is 1.68. The monoisotopic (exact) mass is 432 g/mol. The van der Waals surface area contributed by atoms with E-state index in [-0.39, 0.29) is 23.7 Å². The first-order valence-corrected chi connectivity index (χ1v) is 10.7. The normalized spacial score (nSPS) is 23.1. The van der Waals surface area contributed by atoms with Crippen LogP contribution >= 0.6 is 0 Å². The predicted octanol–water partition coefficient (Wildman–Crippen LogP) is 1.73. The number of ether oxygens (including phenoxy) is 1. The molecule has 2 fully saturated rings. The molecule has 0 aliphatic carbocycles. The number of nitrogens with one attached hydrogen (secondary N) is 2. The lowest BCUT2D eigenvalue weighted by atomic mass is 10.00. The van der Waals surface area contributed by atoms with Gasteiger partial charge in [0.15, 0.2) is 5.58 Å². The van der Waals surface area contributed by atoms with Crippen LogP contribution < -0.4 is 16.4 Å². The van der Waals surface area contributed by atoms with E-state index in [9.17, 15) is 14.9 Å². The maximum Gasteiger partial charge on any atom is 0.419 e. The molecule has 0 spiro atoms. The first-order valence-electron chi connectivity index (χ1n) is 10.7. The van der Waals surface area contributed by atoms with E-state index in [1.165, 1.54) is 4.57 Å². The van der Waals surface area contributed by atoms with Crippen LogP contribution in [0.2, 0.25) is 0 Å². The summed E-state index contributed by atoms with van der Waals surface area (Å²) >= 11 is 0. The zero-order valence-electron chi connectivity index (χ0n) is 17.7. The summed E-state index contributed by atoms with van der Waals surface area (Å²) in [5, 5.41) is 15.8. The molecule has 3 heterocycles. The van der Waals surface area contributed by atoms with Crippen molar-refractivity contribution in [2.45, 2.75) is 31.0 Å². The van der Waals surface area contributed by atoms with Gasteiger partial charge in [-0.1, -0.05) is 30.3 Å². The highest BCUT2D eigenvalue weighted by atomic mass is 16.5. The molecular weight excluding hydrogens is 408 g/mol. The van der Waals surface area contributed by atoms with E-state index in [2.05, 4.69) is 16.7 Å². The van der Waals surface area contributed by atoms with Crippen molar-refractivity contribution in [3.8, 4) is 17.2 Å². The van der Waals surface area contributed by atoms with Crippen LogP contribution in [-0.4, -0.2) is 41.8 Å². The van der Waals surface area contributed by atoms with E-state index in [0.717, 1.165) is 28.6 Å². The van der Waals surface area contributed by atoms with Crippen molar-refractivity contribution in [3.63, 3.8) is 0 Å². The Hall–Kier alpha value is -3.41. The minimum Gasteiger partial charge on any atom is -0.408 e. The Kier molecular flexibility index (Phi) is 5.29. The number of nitrogens with zero attached hydrogens (tertiary/aromatic N) is 2. The summed E-state index contributed by atoms with van der Waals surface area (Å²) in [6, 6.07) is 15.1. The van der Waals surface area contributed by atoms with Gasteiger partial charge < -0.3 is 19.8 Å². The Morgan fingerprint density at radius 2 is 2.03 bits per heavy atom. The lowest BCUT2D eigenvalue weighted by Crippen LogP contribution is -2.47. The molecule has 0 saturated carbocycles. The molecule has 0 unspecified atom stereocenters. The Morgan fingerprint density at radius 3 is 2.78 bits per heavy atom. The third kappa shape index (κ3) is 3.81. The number of rotatable bonds is 5. The largest absolute Gasteiger partial charge is 0.419 e.